The SMILES string of the molecule is C1=CC2NC=CN2C=C1. The standard InChI is InChI=1S/C7H8N2/c1-2-5-9-6-4-8-7(9)3-1/h1-8H. The van der Waals surface area contributed by atoms with Crippen molar-refractivity contribution in [2.24, 2.45) is 0 Å². The highest BCUT2D eigenvalue weighted by atomic mass is 15.3. The van der Waals surface area contributed by atoms with Crippen LogP contribution in [-0.2, 0) is 0 Å². The van der Waals surface area contributed by atoms with Crippen molar-refractivity contribution in [1.82, 2.24) is 10.2 Å². The number of rotatable bonds is 0. The second-order valence-corrected chi connectivity index (χ2v) is 2.10. The van der Waals surface area contributed by atoms with Crippen molar-refractivity contribution in [2.75, 3.05) is 0 Å². The van der Waals surface area contributed by atoms with Gasteiger partial charge in [0.05, 0.1) is 0 Å². The lowest BCUT2D eigenvalue weighted by molar-refractivity contribution is 0.426. The molecule has 1 N–H and O–H groups in total. The maximum Gasteiger partial charge on any atom is 0.122 e. The summed E-state index contributed by atoms with van der Waals surface area (Å²) in [6.07, 6.45) is 12.6. The van der Waals surface area contributed by atoms with Crippen molar-refractivity contribution in [3.8, 4) is 0 Å². The van der Waals surface area contributed by atoms with Gasteiger partial charge in [-0.3, -0.25) is 0 Å². The van der Waals surface area contributed by atoms with Crippen molar-refractivity contribution in [3.05, 3.63) is 36.8 Å². The highest BCUT2D eigenvalue weighted by Crippen LogP contribution is 2.09. The van der Waals surface area contributed by atoms with E-state index in [0.717, 1.165) is 0 Å². The van der Waals surface area contributed by atoms with Crippen LogP contribution in [0.5, 0.6) is 0 Å². The fourth-order valence-electron chi connectivity index (χ4n) is 1.02. The summed E-state index contributed by atoms with van der Waals surface area (Å²) in [4.78, 5) is 2.11. The van der Waals surface area contributed by atoms with Crippen LogP contribution >= 0.6 is 0 Å². The maximum absolute atomic E-state index is 3.17. The van der Waals surface area contributed by atoms with Gasteiger partial charge in [-0.05, 0) is 12.2 Å². The summed E-state index contributed by atoms with van der Waals surface area (Å²) >= 11 is 0. The summed E-state index contributed by atoms with van der Waals surface area (Å²) in [6, 6.07) is 0. The number of hydrogen-bond acceptors (Lipinski definition) is 2. The lowest BCUT2D eigenvalue weighted by Gasteiger charge is -2.20. The van der Waals surface area contributed by atoms with Crippen molar-refractivity contribution in [2.45, 2.75) is 6.17 Å². The predicted molar refractivity (Wildman–Crippen MR) is 36.2 cm³/mol. The van der Waals surface area contributed by atoms with E-state index in [1.54, 1.807) is 0 Å². The molecule has 9 heavy (non-hydrogen) atoms. The zero-order chi connectivity index (χ0) is 6.10. The smallest absolute Gasteiger partial charge is 0.122 e. The molecule has 2 aliphatic rings. The van der Waals surface area contributed by atoms with Crippen molar-refractivity contribution < 1.29 is 0 Å². The third kappa shape index (κ3) is 0.633. The van der Waals surface area contributed by atoms with E-state index in [1.165, 1.54) is 0 Å². The van der Waals surface area contributed by atoms with Crippen LogP contribution in [0.2, 0.25) is 0 Å². The van der Waals surface area contributed by atoms with E-state index >= 15 is 0 Å². The van der Waals surface area contributed by atoms with E-state index in [4.69, 9.17) is 0 Å². The van der Waals surface area contributed by atoms with E-state index in [1.807, 2.05) is 30.8 Å². The lowest BCUT2D eigenvalue weighted by atomic mass is 10.3. The first kappa shape index (κ1) is 4.68. The summed E-state index contributed by atoms with van der Waals surface area (Å²) in [6.45, 7) is 0. The van der Waals surface area contributed by atoms with Crippen molar-refractivity contribution in [1.29, 1.82) is 0 Å². The molecule has 0 aliphatic carbocycles. The molecule has 0 bridgehead atoms. The molecule has 0 fully saturated rings. The third-order valence-corrected chi connectivity index (χ3v) is 1.50. The van der Waals surface area contributed by atoms with Crippen LogP contribution in [-0.4, -0.2) is 11.1 Å². The molecule has 0 aromatic heterocycles. The fraction of sp³-hybridized carbons (Fsp3) is 0.143. The molecular formula is C7H8N2. The minimum absolute atomic E-state index is 0.370. The Labute approximate surface area is 54.2 Å². The number of nitrogens with zero attached hydrogens (tertiary/aromatic N) is 1. The molecule has 0 radical (unpaired) electrons. The minimum Gasteiger partial charge on any atom is -0.366 e. The fourth-order valence-corrected chi connectivity index (χ4v) is 1.02. The summed E-state index contributed by atoms with van der Waals surface area (Å²) in [5.41, 5.74) is 0. The van der Waals surface area contributed by atoms with Gasteiger partial charge in [0.25, 0.3) is 0 Å². The second-order valence-electron chi connectivity index (χ2n) is 2.10. The Balaban J connectivity index is 2.25. The Bertz CT molecular complexity index is 191. The topological polar surface area (TPSA) is 15.3 Å². The predicted octanol–water partition coefficient (Wildman–Crippen LogP) is 0.772. The maximum atomic E-state index is 3.17. The summed E-state index contributed by atoms with van der Waals surface area (Å²) < 4.78 is 0. The van der Waals surface area contributed by atoms with Crippen LogP contribution in [0.3, 0.4) is 0 Å². The number of hydrogen-bond donors (Lipinski definition) is 1. The molecular weight excluding hydrogens is 112 g/mol. The Morgan fingerprint density at radius 1 is 1.22 bits per heavy atom. The lowest BCUT2D eigenvalue weighted by Crippen LogP contribution is -2.30. The van der Waals surface area contributed by atoms with E-state index in [2.05, 4.69) is 16.3 Å². The van der Waals surface area contributed by atoms with Gasteiger partial charge in [-0.2, -0.15) is 0 Å². The first-order valence-corrected chi connectivity index (χ1v) is 3.02. The van der Waals surface area contributed by atoms with Gasteiger partial charge in [0, 0.05) is 18.6 Å². The molecule has 0 aromatic carbocycles. The normalized spacial score (nSPS) is 28.4. The van der Waals surface area contributed by atoms with E-state index < -0.39 is 0 Å². The van der Waals surface area contributed by atoms with Crippen LogP contribution in [0.25, 0.3) is 0 Å². The molecule has 46 valence electrons. The van der Waals surface area contributed by atoms with Crippen LogP contribution in [0.15, 0.2) is 36.8 Å². The molecule has 2 heteroatoms. The van der Waals surface area contributed by atoms with Gasteiger partial charge in [0.2, 0.25) is 0 Å². The molecule has 0 aromatic rings. The minimum atomic E-state index is 0.370. The molecule has 0 saturated heterocycles. The molecule has 0 spiro atoms. The quantitative estimate of drug-likeness (QED) is 0.508. The largest absolute Gasteiger partial charge is 0.366 e. The number of fused-ring (bicyclic) bond motifs is 1. The van der Waals surface area contributed by atoms with E-state index in [9.17, 15) is 0 Å². The molecule has 1 unspecified atom stereocenters. The number of nitrogens with one attached hydrogen (secondary N) is 1. The van der Waals surface area contributed by atoms with Gasteiger partial charge in [0.1, 0.15) is 6.17 Å². The molecule has 2 heterocycles. The van der Waals surface area contributed by atoms with Gasteiger partial charge >= 0.3 is 0 Å². The van der Waals surface area contributed by atoms with Crippen LogP contribution in [0.4, 0.5) is 0 Å². The Morgan fingerprint density at radius 2 is 2.22 bits per heavy atom. The van der Waals surface area contributed by atoms with Gasteiger partial charge < -0.3 is 10.2 Å². The zero-order valence-corrected chi connectivity index (χ0v) is 4.99. The molecule has 1 atom stereocenters. The second kappa shape index (κ2) is 1.65. The Morgan fingerprint density at radius 3 is 3.11 bits per heavy atom. The van der Waals surface area contributed by atoms with Crippen LogP contribution in [0.1, 0.15) is 0 Å². The van der Waals surface area contributed by atoms with Crippen molar-refractivity contribution >= 4 is 0 Å². The summed E-state index contributed by atoms with van der Waals surface area (Å²) in [5, 5.41) is 3.17. The first-order chi connectivity index (χ1) is 4.47. The monoisotopic (exact) mass is 120 g/mol. The van der Waals surface area contributed by atoms with Gasteiger partial charge in [0.15, 0.2) is 0 Å². The Hall–Kier alpha value is -1.18. The molecule has 0 amide bonds. The average Bonchev–Trinajstić information content (AvgIpc) is 2.33. The van der Waals surface area contributed by atoms with Gasteiger partial charge in [-0.15, -0.1) is 0 Å². The molecule has 2 nitrogen and oxygen atoms in total. The Kier molecular flexibility index (Phi) is 0.859. The van der Waals surface area contributed by atoms with E-state index in [-0.39, 0.29) is 0 Å². The van der Waals surface area contributed by atoms with Gasteiger partial charge in [-0.25, -0.2) is 0 Å². The summed E-state index contributed by atoms with van der Waals surface area (Å²) in [7, 11) is 0. The highest BCUT2D eigenvalue weighted by Gasteiger charge is 2.13. The molecule has 0 saturated carbocycles. The zero-order valence-electron chi connectivity index (χ0n) is 4.99. The summed E-state index contributed by atoms with van der Waals surface area (Å²) in [5.74, 6) is 0. The first-order valence-electron chi connectivity index (χ1n) is 3.02. The third-order valence-electron chi connectivity index (χ3n) is 1.50. The number of allylic oxidation sites excluding steroid dienone is 2. The molecule has 2 aliphatic heterocycles. The van der Waals surface area contributed by atoms with Crippen LogP contribution < -0.4 is 5.32 Å². The van der Waals surface area contributed by atoms with Crippen molar-refractivity contribution in [3.63, 3.8) is 0 Å². The van der Waals surface area contributed by atoms with E-state index in [0.29, 0.717) is 6.17 Å². The van der Waals surface area contributed by atoms with Crippen LogP contribution in [0, 0.1) is 0 Å². The van der Waals surface area contributed by atoms with Gasteiger partial charge in [-0.1, -0.05) is 6.08 Å². The highest BCUT2D eigenvalue weighted by molar-refractivity contribution is 5.18. The molecule has 2 rings (SSSR count). The average molecular weight is 120 g/mol.